The van der Waals surface area contributed by atoms with Crippen molar-refractivity contribution in [2.24, 2.45) is 10.4 Å². The minimum atomic E-state index is -4.62. The first-order valence-corrected chi connectivity index (χ1v) is 19.3. The van der Waals surface area contributed by atoms with E-state index in [1.807, 2.05) is 31.3 Å². The SMILES string of the molecule is C=CC(=O)N1CC2(CCN(c3nc(OC4CCN(CC(C)(C)O)CC4)nc4c(OCC(F)(F)F)c(-c5c(C)ccc6c5C=NC6CC)c(C=C)cc34)CC2)C1. The molecule has 3 fully saturated rings. The molecule has 3 aromatic rings. The molecule has 0 radical (unpaired) electrons. The number of piperidine rings is 2. The molecule has 7 rings (SSSR count). The highest BCUT2D eigenvalue weighted by molar-refractivity contribution is 6.06. The van der Waals surface area contributed by atoms with Crippen LogP contribution in [-0.2, 0) is 4.79 Å². The summed E-state index contributed by atoms with van der Waals surface area (Å²) in [5, 5.41) is 10.9. The summed E-state index contributed by atoms with van der Waals surface area (Å²) >= 11 is 0. The largest absolute Gasteiger partial charge is 0.481 e. The van der Waals surface area contributed by atoms with Gasteiger partial charge in [-0.1, -0.05) is 38.3 Å². The van der Waals surface area contributed by atoms with Gasteiger partial charge in [-0.15, -0.1) is 0 Å². The molecular formula is C42H51F3N6O4. The molecule has 4 aliphatic heterocycles. The van der Waals surface area contributed by atoms with Crippen LogP contribution in [-0.4, -0.2) is 107 Å². The molecular weight excluding hydrogens is 709 g/mol. The molecule has 55 heavy (non-hydrogen) atoms. The maximum atomic E-state index is 14.1. The standard InChI is InChI=1S/C42H51F3N6O4/c1-7-27-20-30-36(37(54-25-42(43,44)45)35(27)34-26(4)10-11-29-31(34)21-46-32(29)8-2)47-39(55-28-12-16-49(17-13-28)22-40(5,6)53)48-38(30)50-18-14-41(15-19-50)23-51(24-41)33(52)9-3/h7,9-11,20-21,28,32,53H,1,3,8,12-19,22-25H2,2,4-6H3. The molecule has 294 valence electrons. The van der Waals surface area contributed by atoms with Crippen LogP contribution in [0.1, 0.15) is 81.2 Å². The molecule has 0 saturated carbocycles. The number of carbonyl (C=O) groups excluding carboxylic acids is 1. The van der Waals surface area contributed by atoms with Gasteiger partial charge in [0.1, 0.15) is 17.4 Å². The zero-order chi connectivity index (χ0) is 39.3. The first-order valence-electron chi connectivity index (χ1n) is 19.3. The number of alkyl halides is 3. The lowest BCUT2D eigenvalue weighted by Crippen LogP contribution is -2.61. The van der Waals surface area contributed by atoms with E-state index in [2.05, 4.69) is 29.9 Å². The monoisotopic (exact) mass is 760 g/mol. The Labute approximate surface area is 320 Å². The lowest BCUT2D eigenvalue weighted by atomic mass is 9.72. The third-order valence-electron chi connectivity index (χ3n) is 11.5. The molecule has 4 aliphatic rings. The lowest BCUT2D eigenvalue weighted by Gasteiger charge is -2.54. The van der Waals surface area contributed by atoms with E-state index in [4.69, 9.17) is 24.4 Å². The molecule has 1 N–H and O–H groups in total. The molecule has 5 heterocycles. The van der Waals surface area contributed by atoms with Crippen LogP contribution in [0.25, 0.3) is 28.1 Å². The van der Waals surface area contributed by atoms with Gasteiger partial charge in [-0.2, -0.15) is 23.1 Å². The van der Waals surface area contributed by atoms with E-state index >= 15 is 0 Å². The second kappa shape index (κ2) is 14.9. The number of hydrogen-bond acceptors (Lipinski definition) is 9. The molecule has 1 unspecified atom stereocenters. The Morgan fingerprint density at radius 1 is 1.07 bits per heavy atom. The number of fused-ring (bicyclic) bond motifs is 2. The van der Waals surface area contributed by atoms with Crippen LogP contribution in [0.15, 0.2) is 42.4 Å². The molecule has 1 aromatic heterocycles. The van der Waals surface area contributed by atoms with E-state index in [-0.39, 0.29) is 40.7 Å². The highest BCUT2D eigenvalue weighted by Crippen LogP contribution is 2.49. The van der Waals surface area contributed by atoms with Crippen LogP contribution in [0.2, 0.25) is 0 Å². The van der Waals surface area contributed by atoms with Crippen LogP contribution in [0.4, 0.5) is 19.0 Å². The van der Waals surface area contributed by atoms with Crippen LogP contribution in [0, 0.1) is 12.3 Å². The van der Waals surface area contributed by atoms with Crippen LogP contribution >= 0.6 is 0 Å². The molecule has 3 saturated heterocycles. The smallest absolute Gasteiger partial charge is 0.422 e. The summed E-state index contributed by atoms with van der Waals surface area (Å²) in [6, 6.07) is 5.95. The molecule has 13 heteroatoms. The summed E-state index contributed by atoms with van der Waals surface area (Å²) in [7, 11) is 0. The van der Waals surface area contributed by atoms with Crippen molar-refractivity contribution in [2.75, 3.05) is 57.3 Å². The third-order valence-corrected chi connectivity index (χ3v) is 11.5. The lowest BCUT2D eigenvalue weighted by molar-refractivity contribution is -0.153. The Bertz CT molecular complexity index is 2000. The topological polar surface area (TPSA) is 104 Å². The average molecular weight is 761 g/mol. The highest BCUT2D eigenvalue weighted by Gasteiger charge is 2.46. The summed E-state index contributed by atoms with van der Waals surface area (Å²) in [6.07, 6.45) is 3.71. The second-order valence-corrected chi connectivity index (χ2v) is 16.3. The number of halogens is 3. The predicted molar refractivity (Wildman–Crippen MR) is 209 cm³/mol. The zero-order valence-corrected chi connectivity index (χ0v) is 32.2. The number of nitrogens with zero attached hydrogens (tertiary/aromatic N) is 6. The van der Waals surface area contributed by atoms with Gasteiger partial charge in [-0.3, -0.25) is 9.79 Å². The van der Waals surface area contributed by atoms with E-state index in [1.54, 1.807) is 24.8 Å². The number of β-amino-alcohol motifs (C(OH)–C–C–N with tert-alkyl or cyclic N) is 1. The summed E-state index contributed by atoms with van der Waals surface area (Å²) in [5.41, 5.74) is 3.92. The average Bonchev–Trinajstić information content (AvgIpc) is 3.55. The van der Waals surface area contributed by atoms with Crippen molar-refractivity contribution >= 4 is 34.9 Å². The number of aryl methyl sites for hydroxylation is 1. The van der Waals surface area contributed by atoms with Crippen molar-refractivity contribution in [3.05, 3.63) is 59.7 Å². The Kier molecular flexibility index (Phi) is 10.5. The van der Waals surface area contributed by atoms with E-state index < -0.39 is 18.4 Å². The predicted octanol–water partition coefficient (Wildman–Crippen LogP) is 7.30. The van der Waals surface area contributed by atoms with Gasteiger partial charge >= 0.3 is 12.2 Å². The summed E-state index contributed by atoms with van der Waals surface area (Å²) in [5.74, 6) is 0.480. The number of ether oxygens (including phenoxy) is 2. The number of likely N-dealkylation sites (tertiary alicyclic amines) is 2. The fourth-order valence-corrected chi connectivity index (χ4v) is 8.74. The third kappa shape index (κ3) is 7.96. The van der Waals surface area contributed by atoms with Gasteiger partial charge in [0.25, 0.3) is 0 Å². The summed E-state index contributed by atoms with van der Waals surface area (Å²) in [6.45, 7) is 18.3. The van der Waals surface area contributed by atoms with Crippen molar-refractivity contribution in [3.63, 3.8) is 0 Å². The number of hydrogen-bond donors (Lipinski definition) is 1. The summed E-state index contributed by atoms with van der Waals surface area (Å²) in [4.78, 5) is 33.0. The minimum absolute atomic E-state index is 0.00200. The fraction of sp³-hybridized carbons (Fsp3) is 0.524. The number of anilines is 1. The molecule has 0 bridgehead atoms. The Morgan fingerprint density at radius 3 is 2.40 bits per heavy atom. The molecule has 10 nitrogen and oxygen atoms in total. The molecule has 1 spiro atoms. The van der Waals surface area contributed by atoms with Gasteiger partial charge in [0.05, 0.1) is 11.6 Å². The van der Waals surface area contributed by atoms with Crippen LogP contribution in [0.5, 0.6) is 11.8 Å². The Balaban J connectivity index is 1.34. The van der Waals surface area contributed by atoms with Gasteiger partial charge < -0.3 is 29.3 Å². The van der Waals surface area contributed by atoms with Crippen molar-refractivity contribution in [1.29, 1.82) is 0 Å². The fourth-order valence-electron chi connectivity index (χ4n) is 8.74. The quantitative estimate of drug-likeness (QED) is 0.203. The number of aliphatic hydroxyl groups is 1. The van der Waals surface area contributed by atoms with Gasteiger partial charge in [0.15, 0.2) is 12.4 Å². The zero-order valence-electron chi connectivity index (χ0n) is 32.2. The molecule has 1 atom stereocenters. The molecule has 1 amide bonds. The van der Waals surface area contributed by atoms with Crippen molar-refractivity contribution in [3.8, 4) is 22.9 Å². The summed E-state index contributed by atoms with van der Waals surface area (Å²) < 4.78 is 54.6. The van der Waals surface area contributed by atoms with Gasteiger partial charge in [-0.05, 0) is 87.3 Å². The second-order valence-electron chi connectivity index (χ2n) is 16.3. The first kappa shape index (κ1) is 38.8. The normalized spacial score (nSPS) is 20.1. The maximum absolute atomic E-state index is 14.1. The molecule has 2 aromatic carbocycles. The maximum Gasteiger partial charge on any atom is 0.422 e. The Morgan fingerprint density at radius 2 is 1.78 bits per heavy atom. The van der Waals surface area contributed by atoms with E-state index in [9.17, 15) is 23.1 Å². The van der Waals surface area contributed by atoms with Gasteiger partial charge in [-0.25, -0.2) is 0 Å². The minimum Gasteiger partial charge on any atom is -0.481 e. The number of aromatic nitrogens is 2. The number of carbonyl (C=O) groups is 1. The van der Waals surface area contributed by atoms with E-state index in [0.717, 1.165) is 41.5 Å². The first-order chi connectivity index (χ1) is 26.1. The van der Waals surface area contributed by atoms with Crippen molar-refractivity contribution in [1.82, 2.24) is 19.8 Å². The number of aliphatic imine (C=N–C) groups is 1. The number of rotatable bonds is 11. The number of benzene rings is 2. The van der Waals surface area contributed by atoms with E-state index in [1.165, 1.54) is 6.08 Å². The highest BCUT2D eigenvalue weighted by atomic mass is 19.4. The van der Waals surface area contributed by atoms with Crippen LogP contribution in [0.3, 0.4) is 0 Å². The van der Waals surface area contributed by atoms with Gasteiger partial charge in [0.2, 0.25) is 5.91 Å². The van der Waals surface area contributed by atoms with Gasteiger partial charge in [0, 0.05) is 74.0 Å². The molecule has 0 aliphatic carbocycles. The number of amides is 1. The van der Waals surface area contributed by atoms with E-state index in [0.29, 0.717) is 81.0 Å². The Hall–Kier alpha value is -4.49. The van der Waals surface area contributed by atoms with Crippen LogP contribution < -0.4 is 14.4 Å². The van der Waals surface area contributed by atoms with Crippen molar-refractivity contribution in [2.45, 2.75) is 83.7 Å². The van der Waals surface area contributed by atoms with Crippen molar-refractivity contribution < 1.29 is 32.5 Å².